The van der Waals surface area contributed by atoms with Crippen molar-refractivity contribution in [3.8, 4) is 11.3 Å². The molecule has 0 saturated carbocycles. The molecular weight excluding hydrogens is 299 g/mol. The van der Waals surface area contributed by atoms with Crippen molar-refractivity contribution in [2.45, 2.75) is 19.4 Å². The first-order chi connectivity index (χ1) is 11.1. The van der Waals surface area contributed by atoms with Gasteiger partial charge in [-0.05, 0) is 19.4 Å². The van der Waals surface area contributed by atoms with Gasteiger partial charge in [0.15, 0.2) is 5.82 Å². The average Bonchev–Trinajstić information content (AvgIpc) is 2.75. The fourth-order valence-corrected chi connectivity index (χ4v) is 2.70. The summed E-state index contributed by atoms with van der Waals surface area (Å²) >= 11 is 0. The Morgan fingerprint density at radius 3 is 3.00 bits per heavy atom. The summed E-state index contributed by atoms with van der Waals surface area (Å²) in [6, 6.07) is 3.06. The van der Waals surface area contributed by atoms with E-state index in [-0.39, 0.29) is 17.2 Å². The second kappa shape index (κ2) is 6.45. The minimum absolute atomic E-state index is 0.188. The van der Waals surface area contributed by atoms with Crippen LogP contribution in [0.1, 0.15) is 13.3 Å². The van der Waals surface area contributed by atoms with Crippen molar-refractivity contribution in [2.24, 2.45) is 7.05 Å². The Labute approximate surface area is 133 Å². The molecule has 0 spiro atoms. The molecule has 3 heterocycles. The molecule has 1 fully saturated rings. The molecule has 1 atom stereocenters. The molecule has 2 aromatic heterocycles. The molecule has 0 radical (unpaired) electrons. The van der Waals surface area contributed by atoms with E-state index in [1.807, 2.05) is 4.90 Å². The van der Waals surface area contributed by atoms with Crippen LogP contribution in [0.3, 0.4) is 0 Å². The zero-order valence-electron chi connectivity index (χ0n) is 13.2. The second-order valence-corrected chi connectivity index (χ2v) is 5.64. The molecule has 1 unspecified atom stereocenters. The van der Waals surface area contributed by atoms with Crippen molar-refractivity contribution in [1.82, 2.24) is 14.5 Å². The number of hydrogen-bond acceptors (Lipinski definition) is 5. The predicted octanol–water partition coefficient (Wildman–Crippen LogP) is 1.60. The van der Waals surface area contributed by atoms with Gasteiger partial charge < -0.3 is 9.64 Å². The minimum atomic E-state index is -0.494. The zero-order chi connectivity index (χ0) is 16.4. The maximum Gasteiger partial charge on any atom is 0.255 e. The summed E-state index contributed by atoms with van der Waals surface area (Å²) in [6.45, 7) is 3.97. The van der Waals surface area contributed by atoms with Gasteiger partial charge in [0.1, 0.15) is 0 Å². The van der Waals surface area contributed by atoms with Gasteiger partial charge in [0.25, 0.3) is 5.56 Å². The summed E-state index contributed by atoms with van der Waals surface area (Å²) < 4.78 is 21.0. The lowest BCUT2D eigenvalue weighted by molar-refractivity contribution is 0.150. The number of nitrogens with zero attached hydrogens (tertiary/aromatic N) is 4. The van der Waals surface area contributed by atoms with Gasteiger partial charge in [-0.25, -0.2) is 9.37 Å². The molecule has 0 aliphatic carbocycles. The van der Waals surface area contributed by atoms with Gasteiger partial charge in [0, 0.05) is 44.1 Å². The van der Waals surface area contributed by atoms with Crippen LogP contribution in [0.25, 0.3) is 11.3 Å². The van der Waals surface area contributed by atoms with E-state index in [1.165, 1.54) is 22.9 Å². The second-order valence-electron chi connectivity index (χ2n) is 5.64. The maximum atomic E-state index is 14.0. The predicted molar refractivity (Wildman–Crippen MR) is 84.9 cm³/mol. The lowest BCUT2D eigenvalue weighted by Gasteiger charge is -2.29. The molecule has 6 nitrogen and oxygen atoms in total. The van der Waals surface area contributed by atoms with E-state index in [0.29, 0.717) is 31.4 Å². The quantitative estimate of drug-likeness (QED) is 0.842. The molecule has 23 heavy (non-hydrogen) atoms. The van der Waals surface area contributed by atoms with E-state index >= 15 is 0 Å². The van der Waals surface area contributed by atoms with Gasteiger partial charge in [0.2, 0.25) is 5.95 Å². The molecule has 0 N–H and O–H groups in total. The Morgan fingerprint density at radius 1 is 1.39 bits per heavy atom. The number of hydrogen-bond donors (Lipinski definition) is 0. The Balaban J connectivity index is 2.10. The first-order valence-corrected chi connectivity index (χ1v) is 7.60. The summed E-state index contributed by atoms with van der Waals surface area (Å²) in [5.41, 5.74) is 0.372. The van der Waals surface area contributed by atoms with Crippen molar-refractivity contribution in [3.63, 3.8) is 0 Å². The maximum absolute atomic E-state index is 14.0. The Bertz CT molecular complexity index is 762. The van der Waals surface area contributed by atoms with E-state index in [0.717, 1.165) is 12.6 Å². The van der Waals surface area contributed by atoms with Crippen LogP contribution < -0.4 is 10.5 Å². The monoisotopic (exact) mass is 318 g/mol. The third-order valence-corrected chi connectivity index (χ3v) is 4.11. The summed E-state index contributed by atoms with van der Waals surface area (Å²) in [4.78, 5) is 22.6. The van der Waals surface area contributed by atoms with Gasteiger partial charge in [-0.1, -0.05) is 0 Å². The number of ether oxygens (including phenoxy) is 1. The summed E-state index contributed by atoms with van der Waals surface area (Å²) in [5, 5.41) is 0. The number of rotatable bonds is 2. The van der Waals surface area contributed by atoms with E-state index in [4.69, 9.17) is 4.74 Å². The number of anilines is 1. The van der Waals surface area contributed by atoms with E-state index in [1.54, 1.807) is 7.05 Å². The van der Waals surface area contributed by atoms with Crippen molar-refractivity contribution in [2.75, 3.05) is 24.7 Å². The molecule has 2 aromatic rings. The topological polar surface area (TPSA) is 60.2 Å². The summed E-state index contributed by atoms with van der Waals surface area (Å²) in [5.74, 6) is 0.0353. The molecule has 1 saturated heterocycles. The van der Waals surface area contributed by atoms with E-state index < -0.39 is 5.82 Å². The molecule has 122 valence electrons. The van der Waals surface area contributed by atoms with Gasteiger partial charge in [0.05, 0.1) is 18.5 Å². The first-order valence-electron chi connectivity index (χ1n) is 7.60. The van der Waals surface area contributed by atoms with E-state index in [2.05, 4.69) is 16.9 Å². The van der Waals surface area contributed by atoms with E-state index in [9.17, 15) is 9.18 Å². The molecular formula is C16H19FN4O2. The third kappa shape index (κ3) is 3.10. The van der Waals surface area contributed by atoms with Gasteiger partial charge in [-0.3, -0.25) is 14.3 Å². The minimum Gasteiger partial charge on any atom is -0.380 e. The lowest BCUT2D eigenvalue weighted by Crippen LogP contribution is -2.38. The van der Waals surface area contributed by atoms with Crippen molar-refractivity contribution in [1.29, 1.82) is 0 Å². The standard InChI is InChI=1S/C16H19FN4O2/c1-11-4-7-23-8-6-21(11)16-19-14(9-15(22)20(16)2)12-3-5-18-10-13(12)17/h3,5,9-11H,4,6-8H2,1-2H3. The normalized spacial score (nSPS) is 18.7. The molecule has 0 amide bonds. The first kappa shape index (κ1) is 15.6. The summed E-state index contributed by atoms with van der Waals surface area (Å²) in [7, 11) is 1.68. The fourth-order valence-electron chi connectivity index (χ4n) is 2.70. The van der Waals surface area contributed by atoms with Crippen LogP contribution in [0, 0.1) is 5.82 Å². The highest BCUT2D eigenvalue weighted by Gasteiger charge is 2.22. The molecule has 1 aliphatic heterocycles. The Morgan fingerprint density at radius 2 is 2.22 bits per heavy atom. The smallest absolute Gasteiger partial charge is 0.255 e. The Hall–Kier alpha value is -2.28. The molecule has 7 heteroatoms. The van der Waals surface area contributed by atoms with Crippen LogP contribution in [0.5, 0.6) is 0 Å². The van der Waals surface area contributed by atoms with Gasteiger partial charge in [-0.2, -0.15) is 0 Å². The Kier molecular flexibility index (Phi) is 4.38. The van der Waals surface area contributed by atoms with Crippen LogP contribution in [-0.4, -0.2) is 40.3 Å². The zero-order valence-corrected chi connectivity index (χ0v) is 13.2. The third-order valence-electron chi connectivity index (χ3n) is 4.11. The SMILES string of the molecule is CC1CCOCCN1c1nc(-c2ccncc2F)cc(=O)n1C. The largest absolute Gasteiger partial charge is 0.380 e. The average molecular weight is 318 g/mol. The highest BCUT2D eigenvalue weighted by atomic mass is 19.1. The number of aromatic nitrogens is 3. The van der Waals surface area contributed by atoms with Crippen LogP contribution in [0.2, 0.25) is 0 Å². The molecule has 0 aromatic carbocycles. The highest BCUT2D eigenvalue weighted by Crippen LogP contribution is 2.23. The van der Waals surface area contributed by atoms with Crippen molar-refractivity contribution >= 4 is 5.95 Å². The summed E-state index contributed by atoms with van der Waals surface area (Å²) in [6.07, 6.45) is 3.46. The number of pyridine rings is 1. The van der Waals surface area contributed by atoms with Gasteiger partial charge >= 0.3 is 0 Å². The van der Waals surface area contributed by atoms with Crippen LogP contribution in [0.4, 0.5) is 10.3 Å². The number of halogens is 1. The molecule has 0 bridgehead atoms. The van der Waals surface area contributed by atoms with Crippen molar-refractivity contribution in [3.05, 3.63) is 40.7 Å². The lowest BCUT2D eigenvalue weighted by atomic mass is 10.2. The highest BCUT2D eigenvalue weighted by molar-refractivity contribution is 5.60. The van der Waals surface area contributed by atoms with Crippen LogP contribution in [0.15, 0.2) is 29.3 Å². The van der Waals surface area contributed by atoms with Crippen molar-refractivity contribution < 1.29 is 9.13 Å². The van der Waals surface area contributed by atoms with Gasteiger partial charge in [-0.15, -0.1) is 0 Å². The molecule has 1 aliphatic rings. The van der Waals surface area contributed by atoms with Crippen LogP contribution >= 0.6 is 0 Å². The van der Waals surface area contributed by atoms with Crippen LogP contribution in [-0.2, 0) is 11.8 Å². The fraction of sp³-hybridized carbons (Fsp3) is 0.438. The molecule has 3 rings (SSSR count).